The molecule has 3 rings (SSSR count). The van der Waals surface area contributed by atoms with E-state index >= 15 is 0 Å². The lowest BCUT2D eigenvalue weighted by Crippen LogP contribution is -2.39. The smallest absolute Gasteiger partial charge is 0.274 e. The summed E-state index contributed by atoms with van der Waals surface area (Å²) in [5.74, 6) is -0.935. The van der Waals surface area contributed by atoms with Gasteiger partial charge in [-0.15, -0.1) is 0 Å². The zero-order valence-corrected chi connectivity index (χ0v) is 18.6. The van der Waals surface area contributed by atoms with Crippen molar-refractivity contribution in [1.29, 1.82) is 0 Å². The molecule has 0 heterocycles. The molecule has 0 saturated heterocycles. The number of amides is 3. The summed E-state index contributed by atoms with van der Waals surface area (Å²) < 4.78 is 0. The number of benzene rings is 3. The maximum absolute atomic E-state index is 13.3. The van der Waals surface area contributed by atoms with E-state index in [1.54, 1.807) is 41.9 Å². The molecule has 7 nitrogen and oxygen atoms in total. The fraction of sp³-hybridized carbons (Fsp3) is 0.192. The third-order valence-corrected chi connectivity index (χ3v) is 5.48. The van der Waals surface area contributed by atoms with Crippen molar-refractivity contribution in [3.8, 4) is 0 Å². The Balaban J connectivity index is 1.78. The SMILES string of the molecule is CC(Cc1ccccc1)N(C=O)C(=O)c1ccccc1N(C)Cc1ccc(C(=O)NO)cc1. The third-order valence-electron chi connectivity index (χ3n) is 5.48. The van der Waals surface area contributed by atoms with E-state index in [4.69, 9.17) is 5.21 Å². The minimum absolute atomic E-state index is 0.305. The lowest BCUT2D eigenvalue weighted by atomic mass is 10.0. The van der Waals surface area contributed by atoms with Crippen LogP contribution in [0.1, 0.15) is 38.8 Å². The molecule has 0 aromatic heterocycles. The highest BCUT2D eigenvalue weighted by Gasteiger charge is 2.24. The number of hydrogen-bond donors (Lipinski definition) is 2. The second-order valence-electron chi connectivity index (χ2n) is 7.87. The second-order valence-corrected chi connectivity index (χ2v) is 7.87. The summed E-state index contributed by atoms with van der Waals surface area (Å²) in [6.07, 6.45) is 1.16. The van der Waals surface area contributed by atoms with Crippen molar-refractivity contribution in [3.63, 3.8) is 0 Å². The van der Waals surface area contributed by atoms with E-state index in [0.717, 1.165) is 11.1 Å². The van der Waals surface area contributed by atoms with Crippen LogP contribution in [0, 0.1) is 0 Å². The van der Waals surface area contributed by atoms with Gasteiger partial charge < -0.3 is 4.90 Å². The number of anilines is 1. The molecule has 0 bridgehead atoms. The summed E-state index contributed by atoms with van der Waals surface area (Å²) in [6, 6.07) is 23.4. The van der Waals surface area contributed by atoms with Crippen molar-refractivity contribution in [1.82, 2.24) is 10.4 Å². The van der Waals surface area contributed by atoms with Gasteiger partial charge in [0.1, 0.15) is 0 Å². The minimum atomic E-state index is -0.579. The molecule has 1 atom stereocenters. The number of hydroxylamine groups is 1. The summed E-state index contributed by atoms with van der Waals surface area (Å²) in [5, 5.41) is 8.75. The van der Waals surface area contributed by atoms with Crippen LogP contribution < -0.4 is 10.4 Å². The molecule has 2 N–H and O–H groups in total. The van der Waals surface area contributed by atoms with Crippen LogP contribution in [-0.4, -0.2) is 41.4 Å². The Morgan fingerprint density at radius 3 is 2.21 bits per heavy atom. The Hall–Kier alpha value is -3.97. The summed E-state index contributed by atoms with van der Waals surface area (Å²) in [7, 11) is 1.86. The first-order chi connectivity index (χ1) is 15.9. The summed E-state index contributed by atoms with van der Waals surface area (Å²) in [5.41, 5.74) is 5.04. The molecule has 0 aliphatic rings. The van der Waals surface area contributed by atoms with Gasteiger partial charge in [-0.1, -0.05) is 54.6 Å². The highest BCUT2D eigenvalue weighted by molar-refractivity contribution is 6.04. The molecule has 170 valence electrons. The molecular weight excluding hydrogens is 418 g/mol. The highest BCUT2D eigenvalue weighted by atomic mass is 16.5. The minimum Gasteiger partial charge on any atom is -0.370 e. The van der Waals surface area contributed by atoms with Crippen molar-refractivity contribution >= 4 is 23.9 Å². The number of nitrogens with one attached hydrogen (secondary N) is 1. The van der Waals surface area contributed by atoms with Crippen LogP contribution in [0.2, 0.25) is 0 Å². The standard InChI is InChI=1S/C26H27N3O4/c1-19(16-20-8-4-3-5-9-20)29(18-30)26(32)23-10-6-7-11-24(23)28(2)17-21-12-14-22(15-13-21)25(31)27-33/h3-15,18-19,33H,16-17H2,1-2H3,(H,27,31). The summed E-state index contributed by atoms with van der Waals surface area (Å²) in [6.45, 7) is 2.34. The molecule has 3 amide bonds. The monoisotopic (exact) mass is 445 g/mol. The number of nitrogens with zero attached hydrogens (tertiary/aromatic N) is 2. The summed E-state index contributed by atoms with van der Waals surface area (Å²) in [4.78, 5) is 39.9. The Morgan fingerprint density at radius 2 is 1.58 bits per heavy atom. The molecule has 33 heavy (non-hydrogen) atoms. The molecule has 3 aromatic rings. The van der Waals surface area contributed by atoms with Gasteiger partial charge in [-0.2, -0.15) is 0 Å². The van der Waals surface area contributed by atoms with Crippen molar-refractivity contribution in [2.24, 2.45) is 0 Å². The van der Waals surface area contributed by atoms with Gasteiger partial charge in [0.25, 0.3) is 11.8 Å². The predicted octanol–water partition coefficient (Wildman–Crippen LogP) is 3.67. The number of imide groups is 1. The average molecular weight is 446 g/mol. The summed E-state index contributed by atoms with van der Waals surface area (Å²) >= 11 is 0. The largest absolute Gasteiger partial charge is 0.370 e. The maximum atomic E-state index is 13.3. The van der Waals surface area contributed by atoms with Crippen LogP contribution in [0.3, 0.4) is 0 Å². The molecule has 0 spiro atoms. The van der Waals surface area contributed by atoms with Crippen LogP contribution in [0.25, 0.3) is 0 Å². The zero-order chi connectivity index (χ0) is 23.8. The van der Waals surface area contributed by atoms with E-state index < -0.39 is 5.91 Å². The van der Waals surface area contributed by atoms with Crippen molar-refractivity contribution in [2.45, 2.75) is 25.9 Å². The van der Waals surface area contributed by atoms with Crippen LogP contribution in [0.5, 0.6) is 0 Å². The van der Waals surface area contributed by atoms with Gasteiger partial charge in [0.15, 0.2) is 0 Å². The number of para-hydroxylation sites is 1. The molecular formula is C26H27N3O4. The first kappa shape index (κ1) is 23.7. The van der Waals surface area contributed by atoms with Gasteiger partial charge in [-0.3, -0.25) is 24.5 Å². The van der Waals surface area contributed by atoms with E-state index in [0.29, 0.717) is 36.2 Å². The predicted molar refractivity (Wildman–Crippen MR) is 126 cm³/mol. The lowest BCUT2D eigenvalue weighted by molar-refractivity contribution is -0.117. The Labute approximate surface area is 193 Å². The van der Waals surface area contributed by atoms with Gasteiger partial charge in [0.2, 0.25) is 6.41 Å². The Kier molecular flexibility index (Phi) is 7.94. The average Bonchev–Trinajstić information content (AvgIpc) is 2.85. The van der Waals surface area contributed by atoms with Gasteiger partial charge >= 0.3 is 0 Å². The van der Waals surface area contributed by atoms with Crippen molar-refractivity contribution < 1.29 is 19.6 Å². The van der Waals surface area contributed by atoms with Crippen LogP contribution >= 0.6 is 0 Å². The van der Waals surface area contributed by atoms with E-state index in [2.05, 4.69) is 0 Å². The van der Waals surface area contributed by atoms with E-state index in [-0.39, 0.29) is 11.9 Å². The molecule has 3 aromatic carbocycles. The topological polar surface area (TPSA) is 90.0 Å². The first-order valence-corrected chi connectivity index (χ1v) is 10.6. The Bertz CT molecular complexity index is 1100. The van der Waals surface area contributed by atoms with Crippen LogP contribution in [0.4, 0.5) is 5.69 Å². The van der Waals surface area contributed by atoms with Crippen molar-refractivity contribution in [3.05, 3.63) is 101 Å². The van der Waals surface area contributed by atoms with Gasteiger partial charge in [0, 0.05) is 30.9 Å². The van der Waals surface area contributed by atoms with Gasteiger partial charge in [-0.05, 0) is 48.7 Å². The number of rotatable bonds is 9. The number of carbonyl (C=O) groups excluding carboxylic acids is 3. The van der Waals surface area contributed by atoms with Crippen molar-refractivity contribution in [2.75, 3.05) is 11.9 Å². The zero-order valence-electron chi connectivity index (χ0n) is 18.6. The molecule has 7 heteroatoms. The Morgan fingerprint density at radius 1 is 0.939 bits per heavy atom. The number of hydrogen-bond acceptors (Lipinski definition) is 5. The second kappa shape index (κ2) is 11.1. The quantitative estimate of drug-likeness (QED) is 0.298. The normalized spacial score (nSPS) is 11.4. The van der Waals surface area contributed by atoms with E-state index in [1.165, 1.54) is 4.90 Å². The molecule has 1 unspecified atom stereocenters. The molecule has 0 aliphatic heterocycles. The lowest BCUT2D eigenvalue weighted by Gasteiger charge is -2.27. The van der Waals surface area contributed by atoms with Crippen LogP contribution in [0.15, 0.2) is 78.9 Å². The highest BCUT2D eigenvalue weighted by Crippen LogP contribution is 2.24. The fourth-order valence-corrected chi connectivity index (χ4v) is 3.72. The first-order valence-electron chi connectivity index (χ1n) is 10.6. The van der Waals surface area contributed by atoms with E-state index in [1.807, 2.05) is 61.3 Å². The number of carbonyl (C=O) groups is 3. The molecule has 0 fully saturated rings. The van der Waals surface area contributed by atoms with Crippen LogP contribution in [-0.2, 0) is 17.8 Å². The maximum Gasteiger partial charge on any atom is 0.274 e. The van der Waals surface area contributed by atoms with Gasteiger partial charge in [-0.25, -0.2) is 5.48 Å². The molecule has 0 radical (unpaired) electrons. The fourth-order valence-electron chi connectivity index (χ4n) is 3.72. The molecule has 0 saturated carbocycles. The third kappa shape index (κ3) is 5.84. The molecule has 0 aliphatic carbocycles. The van der Waals surface area contributed by atoms with Gasteiger partial charge in [0.05, 0.1) is 5.56 Å². The van der Waals surface area contributed by atoms with E-state index in [9.17, 15) is 14.4 Å².